The maximum atomic E-state index is 5.86. The summed E-state index contributed by atoms with van der Waals surface area (Å²) in [6.07, 6.45) is 28.1. The second-order valence-corrected chi connectivity index (χ2v) is 16.6. The SMILES string of the molecule is C=C(CC)c1cc(OC)ccc1CC.C=CCCCCCCCOc1ccc2cc(C=C)ccc2c1.C=Cc1ccc2cc(CCCCCCCCC(=C)CC)ccc2c1.CC.CCC. The highest BCUT2D eigenvalue weighted by atomic mass is 16.5. The van der Waals surface area contributed by atoms with Gasteiger partial charge in [-0.25, -0.2) is 0 Å². The van der Waals surface area contributed by atoms with Crippen LogP contribution >= 0.6 is 0 Å². The lowest BCUT2D eigenvalue weighted by Gasteiger charge is -2.11. The minimum absolute atomic E-state index is 0.803. The molecule has 2 heteroatoms. The van der Waals surface area contributed by atoms with Crippen LogP contribution in [-0.4, -0.2) is 13.7 Å². The van der Waals surface area contributed by atoms with Crippen LogP contribution in [0.15, 0.2) is 136 Å². The first-order valence-electron chi connectivity index (χ1n) is 25.3. The summed E-state index contributed by atoms with van der Waals surface area (Å²) in [5, 5.41) is 5.10. The Morgan fingerprint density at radius 3 is 1.63 bits per heavy atom. The van der Waals surface area contributed by atoms with E-state index in [4.69, 9.17) is 9.47 Å². The third-order valence-corrected chi connectivity index (χ3v) is 11.3. The Morgan fingerprint density at radius 1 is 0.538 bits per heavy atom. The van der Waals surface area contributed by atoms with Crippen LogP contribution in [0, 0.1) is 0 Å². The van der Waals surface area contributed by atoms with E-state index in [1.165, 1.54) is 138 Å². The minimum Gasteiger partial charge on any atom is -0.497 e. The van der Waals surface area contributed by atoms with E-state index in [0.717, 1.165) is 55.8 Å². The Kier molecular flexibility index (Phi) is 33.1. The van der Waals surface area contributed by atoms with Gasteiger partial charge in [-0.2, -0.15) is 0 Å². The van der Waals surface area contributed by atoms with Gasteiger partial charge in [0.1, 0.15) is 11.5 Å². The number of fused-ring (bicyclic) bond motifs is 2. The summed E-state index contributed by atoms with van der Waals surface area (Å²) in [7, 11) is 1.69. The Labute approximate surface area is 399 Å². The van der Waals surface area contributed by atoms with Gasteiger partial charge in [0.2, 0.25) is 0 Å². The predicted octanol–water partition coefficient (Wildman–Crippen LogP) is 20.2. The van der Waals surface area contributed by atoms with Crippen LogP contribution < -0.4 is 9.47 Å². The van der Waals surface area contributed by atoms with Gasteiger partial charge in [-0.3, -0.25) is 0 Å². The van der Waals surface area contributed by atoms with Crippen molar-refractivity contribution in [2.24, 2.45) is 0 Å². The molecule has 0 amide bonds. The summed E-state index contributed by atoms with van der Waals surface area (Å²) in [4.78, 5) is 0. The van der Waals surface area contributed by atoms with Gasteiger partial charge in [0, 0.05) is 0 Å². The molecule has 0 aliphatic rings. The molecule has 5 aromatic carbocycles. The van der Waals surface area contributed by atoms with Gasteiger partial charge in [-0.05, 0) is 156 Å². The third-order valence-electron chi connectivity index (χ3n) is 11.3. The molecule has 65 heavy (non-hydrogen) atoms. The molecule has 0 aliphatic carbocycles. The molecule has 5 aromatic rings. The van der Waals surface area contributed by atoms with Gasteiger partial charge in [0.25, 0.3) is 0 Å². The molecule has 0 fully saturated rings. The van der Waals surface area contributed by atoms with Crippen molar-refractivity contribution in [1.29, 1.82) is 0 Å². The monoisotopic (exact) mass is 879 g/mol. The molecule has 0 saturated carbocycles. The fraction of sp³-hybridized carbons (Fsp3) is 0.429. The van der Waals surface area contributed by atoms with E-state index in [1.807, 2.05) is 38.1 Å². The first kappa shape index (κ1) is 57.9. The van der Waals surface area contributed by atoms with Crippen molar-refractivity contribution in [2.75, 3.05) is 13.7 Å². The molecule has 0 unspecified atom stereocenters. The second kappa shape index (κ2) is 37.2. The second-order valence-electron chi connectivity index (χ2n) is 16.6. The molecule has 2 nitrogen and oxygen atoms in total. The van der Waals surface area contributed by atoms with Crippen LogP contribution in [0.2, 0.25) is 0 Å². The quantitative estimate of drug-likeness (QED) is 0.0430. The number of benzene rings is 5. The largest absolute Gasteiger partial charge is 0.497 e. The van der Waals surface area contributed by atoms with Crippen LogP contribution in [0.25, 0.3) is 39.3 Å². The molecule has 0 saturated heterocycles. The fourth-order valence-corrected chi connectivity index (χ4v) is 7.26. The predicted molar refractivity (Wildman–Crippen MR) is 296 cm³/mol. The first-order chi connectivity index (χ1) is 31.7. The molecule has 0 radical (unpaired) electrons. The van der Waals surface area contributed by atoms with Gasteiger partial charge in [0.05, 0.1) is 13.7 Å². The molecule has 0 atom stereocenters. The highest BCUT2D eigenvalue weighted by molar-refractivity contribution is 5.86. The normalized spacial score (nSPS) is 10.1. The molecule has 0 bridgehead atoms. The van der Waals surface area contributed by atoms with Crippen molar-refractivity contribution in [3.63, 3.8) is 0 Å². The molecular formula is C63H90O2. The number of hydrogen-bond acceptors (Lipinski definition) is 2. The Balaban J connectivity index is 0.000000477. The van der Waals surface area contributed by atoms with E-state index >= 15 is 0 Å². The Bertz CT molecular complexity index is 2080. The maximum absolute atomic E-state index is 5.86. The Hall–Kier alpha value is -5.08. The zero-order valence-corrected chi connectivity index (χ0v) is 42.7. The summed E-state index contributed by atoms with van der Waals surface area (Å²) in [5.41, 5.74) is 8.99. The molecule has 0 spiro atoms. The molecule has 0 N–H and O–H groups in total. The standard InChI is InChI=1S/C24H32.C21H26O.C13H18O.C3H8.C2H6/c1-4-20(3)12-10-8-6-7-9-11-13-22-15-17-23-18-21(5-2)14-16-24(23)19-22;1-3-5-6-7-8-9-10-15-22-21-14-13-19-16-18(4-2)11-12-20(19)17-21;1-5-10(3)13-9-12(14-4)8-7-11(13)6-2;1-3-2;1-2/h5,14-19H,2-4,6-13H2,1H3;3-4,11-14,16-17H,1-2,5-10,15H2;7-9H,3,5-6H2,1-2,4H3;3H2,1-2H3;1-2H3. The lowest BCUT2D eigenvalue weighted by Crippen LogP contribution is -1.97. The highest BCUT2D eigenvalue weighted by Gasteiger charge is 2.05. The number of unbranched alkanes of at least 4 members (excludes halogenated alkanes) is 10. The number of methoxy groups -OCH3 is 1. The Morgan fingerprint density at radius 2 is 1.06 bits per heavy atom. The van der Waals surface area contributed by atoms with E-state index in [2.05, 4.69) is 152 Å². The summed E-state index contributed by atoms with van der Waals surface area (Å²) in [5.74, 6) is 1.87. The maximum Gasteiger partial charge on any atom is 0.119 e. The van der Waals surface area contributed by atoms with Crippen LogP contribution in [0.5, 0.6) is 11.5 Å². The van der Waals surface area contributed by atoms with Crippen LogP contribution in [-0.2, 0) is 12.8 Å². The van der Waals surface area contributed by atoms with E-state index in [-0.39, 0.29) is 0 Å². The summed E-state index contributed by atoms with van der Waals surface area (Å²) in [6.45, 7) is 35.1. The van der Waals surface area contributed by atoms with Crippen LogP contribution in [0.3, 0.4) is 0 Å². The first-order valence-corrected chi connectivity index (χ1v) is 25.3. The van der Waals surface area contributed by atoms with E-state index in [0.29, 0.717) is 0 Å². The van der Waals surface area contributed by atoms with Crippen molar-refractivity contribution < 1.29 is 9.47 Å². The van der Waals surface area contributed by atoms with Gasteiger partial charge in [-0.15, -0.1) is 6.58 Å². The highest BCUT2D eigenvalue weighted by Crippen LogP contribution is 2.26. The van der Waals surface area contributed by atoms with Crippen LogP contribution in [0.4, 0.5) is 0 Å². The van der Waals surface area contributed by atoms with E-state index in [9.17, 15) is 0 Å². The molecule has 354 valence electrons. The van der Waals surface area contributed by atoms with Crippen LogP contribution in [0.1, 0.15) is 179 Å². The number of rotatable bonds is 25. The zero-order valence-electron chi connectivity index (χ0n) is 42.7. The lowest BCUT2D eigenvalue weighted by molar-refractivity contribution is 0.305. The van der Waals surface area contributed by atoms with Crippen molar-refractivity contribution >= 4 is 39.3 Å². The van der Waals surface area contributed by atoms with Crippen molar-refractivity contribution in [3.05, 3.63) is 163 Å². The summed E-state index contributed by atoms with van der Waals surface area (Å²) in [6, 6.07) is 32.3. The number of ether oxygens (including phenoxy) is 2. The van der Waals surface area contributed by atoms with Crippen molar-refractivity contribution in [2.45, 2.75) is 164 Å². The summed E-state index contributed by atoms with van der Waals surface area (Å²) >= 11 is 0. The average molecular weight is 879 g/mol. The van der Waals surface area contributed by atoms with Gasteiger partial charge >= 0.3 is 0 Å². The van der Waals surface area contributed by atoms with Gasteiger partial charge < -0.3 is 9.47 Å². The minimum atomic E-state index is 0.803. The number of allylic oxidation sites excluding steroid dienone is 3. The van der Waals surface area contributed by atoms with E-state index < -0.39 is 0 Å². The summed E-state index contributed by atoms with van der Waals surface area (Å²) < 4.78 is 11.1. The zero-order chi connectivity index (χ0) is 48.1. The fourth-order valence-electron chi connectivity index (χ4n) is 7.26. The lowest BCUT2D eigenvalue weighted by atomic mass is 9.97. The smallest absolute Gasteiger partial charge is 0.119 e. The molecular weight excluding hydrogens is 789 g/mol. The number of aryl methyl sites for hydroxylation is 2. The number of hydrogen-bond donors (Lipinski definition) is 0. The molecule has 0 heterocycles. The van der Waals surface area contributed by atoms with Gasteiger partial charge in [0.15, 0.2) is 0 Å². The molecule has 5 rings (SSSR count). The molecule has 0 aliphatic heterocycles. The average Bonchev–Trinajstić information content (AvgIpc) is 3.35. The van der Waals surface area contributed by atoms with Crippen molar-refractivity contribution in [3.8, 4) is 11.5 Å². The van der Waals surface area contributed by atoms with Gasteiger partial charge in [-0.1, -0.05) is 205 Å². The molecule has 0 aromatic heterocycles. The third kappa shape index (κ3) is 24.1. The topological polar surface area (TPSA) is 18.5 Å². The van der Waals surface area contributed by atoms with E-state index in [1.54, 1.807) is 7.11 Å². The van der Waals surface area contributed by atoms with Crippen molar-refractivity contribution in [1.82, 2.24) is 0 Å².